The van der Waals surface area contributed by atoms with Gasteiger partial charge in [0.2, 0.25) is 0 Å². The molecule has 0 saturated heterocycles. The topological polar surface area (TPSA) is 20.2 Å². The monoisotopic (exact) mass is 346 g/mol. The van der Waals surface area contributed by atoms with Crippen molar-refractivity contribution in [2.75, 3.05) is 0 Å². The zero-order chi connectivity index (χ0) is 14.0. The Morgan fingerprint density at radius 1 is 1.11 bits per heavy atom. The SMILES string of the molecule is OC(Cc1ccc(Cl)cc1F)c1ccc(F)c(Br)c1. The predicted octanol–water partition coefficient (Wildman–Crippen LogP) is 4.66. The minimum Gasteiger partial charge on any atom is -0.388 e. The molecule has 0 aliphatic rings. The number of hydrogen-bond donors (Lipinski definition) is 1. The normalized spacial score (nSPS) is 12.5. The Kier molecular flexibility index (Phi) is 4.55. The van der Waals surface area contributed by atoms with Gasteiger partial charge >= 0.3 is 0 Å². The second kappa shape index (κ2) is 5.99. The Bertz CT molecular complexity index is 604. The molecular weight excluding hydrogens is 338 g/mol. The fourth-order valence-electron chi connectivity index (χ4n) is 1.73. The first kappa shape index (κ1) is 14.4. The minimum atomic E-state index is -0.910. The molecule has 1 nitrogen and oxygen atoms in total. The maximum atomic E-state index is 13.6. The molecule has 5 heteroatoms. The third-order valence-electron chi connectivity index (χ3n) is 2.76. The number of aliphatic hydroxyl groups is 1. The zero-order valence-electron chi connectivity index (χ0n) is 9.71. The van der Waals surface area contributed by atoms with Crippen LogP contribution in [0.3, 0.4) is 0 Å². The van der Waals surface area contributed by atoms with Crippen LogP contribution in [0.2, 0.25) is 5.02 Å². The van der Waals surface area contributed by atoms with Crippen LogP contribution in [0.25, 0.3) is 0 Å². The fourth-order valence-corrected chi connectivity index (χ4v) is 2.29. The highest BCUT2D eigenvalue weighted by atomic mass is 79.9. The Hall–Kier alpha value is -0.970. The van der Waals surface area contributed by atoms with Crippen LogP contribution in [0.1, 0.15) is 17.2 Å². The van der Waals surface area contributed by atoms with E-state index in [1.807, 2.05) is 0 Å². The molecule has 0 aliphatic carbocycles. The van der Waals surface area contributed by atoms with Crippen molar-refractivity contribution in [2.24, 2.45) is 0 Å². The molecule has 2 aromatic rings. The Morgan fingerprint density at radius 3 is 2.47 bits per heavy atom. The molecule has 0 amide bonds. The van der Waals surface area contributed by atoms with E-state index < -0.39 is 17.7 Å². The van der Waals surface area contributed by atoms with Crippen LogP contribution in [-0.4, -0.2) is 5.11 Å². The molecule has 0 spiro atoms. The predicted molar refractivity (Wildman–Crippen MR) is 74.2 cm³/mol. The molecule has 0 aromatic heterocycles. The summed E-state index contributed by atoms with van der Waals surface area (Å²) in [6.45, 7) is 0. The van der Waals surface area contributed by atoms with Crippen molar-refractivity contribution in [3.63, 3.8) is 0 Å². The third kappa shape index (κ3) is 3.53. The van der Waals surface area contributed by atoms with E-state index in [2.05, 4.69) is 15.9 Å². The summed E-state index contributed by atoms with van der Waals surface area (Å²) in [6, 6.07) is 8.49. The van der Waals surface area contributed by atoms with Gasteiger partial charge < -0.3 is 5.11 Å². The van der Waals surface area contributed by atoms with E-state index in [9.17, 15) is 13.9 Å². The summed E-state index contributed by atoms with van der Waals surface area (Å²) < 4.78 is 27.0. The Labute approximate surface area is 123 Å². The van der Waals surface area contributed by atoms with Crippen molar-refractivity contribution in [1.82, 2.24) is 0 Å². The summed E-state index contributed by atoms with van der Waals surface area (Å²) in [4.78, 5) is 0. The number of hydrogen-bond acceptors (Lipinski definition) is 1. The lowest BCUT2D eigenvalue weighted by molar-refractivity contribution is 0.177. The highest BCUT2D eigenvalue weighted by molar-refractivity contribution is 9.10. The standard InChI is InChI=1S/C14H10BrClF2O/c15-11-5-9(2-4-12(11)17)14(19)6-8-1-3-10(16)7-13(8)18/h1-5,7,14,19H,6H2. The van der Waals surface area contributed by atoms with Gasteiger partial charge in [0.15, 0.2) is 0 Å². The minimum absolute atomic E-state index is 0.0983. The van der Waals surface area contributed by atoms with Crippen LogP contribution in [-0.2, 0) is 6.42 Å². The molecule has 0 radical (unpaired) electrons. The average molecular weight is 348 g/mol. The van der Waals surface area contributed by atoms with Crippen molar-refractivity contribution in [2.45, 2.75) is 12.5 Å². The van der Waals surface area contributed by atoms with E-state index in [0.717, 1.165) is 0 Å². The summed E-state index contributed by atoms with van der Waals surface area (Å²) in [5.41, 5.74) is 0.875. The number of aliphatic hydroxyl groups excluding tert-OH is 1. The van der Waals surface area contributed by atoms with Crippen LogP contribution in [0, 0.1) is 11.6 Å². The van der Waals surface area contributed by atoms with Crippen LogP contribution in [0.5, 0.6) is 0 Å². The molecule has 0 aliphatic heterocycles. The largest absolute Gasteiger partial charge is 0.388 e. The van der Waals surface area contributed by atoms with Crippen LogP contribution in [0.4, 0.5) is 8.78 Å². The molecule has 0 bridgehead atoms. The Morgan fingerprint density at radius 2 is 1.84 bits per heavy atom. The molecule has 0 fully saturated rings. The smallest absolute Gasteiger partial charge is 0.137 e. The number of halogens is 4. The molecule has 19 heavy (non-hydrogen) atoms. The molecule has 1 atom stereocenters. The van der Waals surface area contributed by atoms with Crippen molar-refractivity contribution in [3.8, 4) is 0 Å². The van der Waals surface area contributed by atoms with Crippen molar-refractivity contribution in [3.05, 3.63) is 68.7 Å². The second-order valence-corrected chi connectivity index (χ2v) is 5.42. The van der Waals surface area contributed by atoms with Crippen molar-refractivity contribution < 1.29 is 13.9 Å². The lowest BCUT2D eigenvalue weighted by Gasteiger charge is -2.12. The van der Waals surface area contributed by atoms with E-state index >= 15 is 0 Å². The zero-order valence-corrected chi connectivity index (χ0v) is 12.0. The molecule has 1 unspecified atom stereocenters. The van der Waals surface area contributed by atoms with Crippen LogP contribution in [0.15, 0.2) is 40.9 Å². The maximum absolute atomic E-state index is 13.6. The van der Waals surface area contributed by atoms with Gasteiger partial charge in [0.25, 0.3) is 0 Å². The Balaban J connectivity index is 2.20. The third-order valence-corrected chi connectivity index (χ3v) is 3.60. The van der Waals surface area contributed by atoms with Gasteiger partial charge in [-0.05, 0) is 51.3 Å². The first-order valence-electron chi connectivity index (χ1n) is 5.54. The molecule has 100 valence electrons. The van der Waals surface area contributed by atoms with Gasteiger partial charge in [-0.2, -0.15) is 0 Å². The lowest BCUT2D eigenvalue weighted by atomic mass is 10.0. The first-order valence-corrected chi connectivity index (χ1v) is 6.71. The molecular formula is C14H10BrClF2O. The molecule has 0 heterocycles. The molecule has 2 rings (SSSR count). The number of benzene rings is 2. The summed E-state index contributed by atoms with van der Waals surface area (Å²) in [6.07, 6.45) is -0.811. The van der Waals surface area contributed by atoms with E-state index in [-0.39, 0.29) is 10.9 Å². The fraction of sp³-hybridized carbons (Fsp3) is 0.143. The summed E-state index contributed by atoms with van der Waals surface area (Å²) in [5.74, 6) is -0.874. The second-order valence-electron chi connectivity index (χ2n) is 4.13. The highest BCUT2D eigenvalue weighted by Gasteiger charge is 2.13. The van der Waals surface area contributed by atoms with Gasteiger partial charge in [-0.3, -0.25) is 0 Å². The van der Waals surface area contributed by atoms with Gasteiger partial charge in [-0.15, -0.1) is 0 Å². The van der Waals surface area contributed by atoms with Crippen LogP contribution >= 0.6 is 27.5 Å². The van der Waals surface area contributed by atoms with Gasteiger partial charge in [0, 0.05) is 11.4 Å². The maximum Gasteiger partial charge on any atom is 0.137 e. The molecule has 0 saturated carbocycles. The molecule has 1 N–H and O–H groups in total. The quantitative estimate of drug-likeness (QED) is 0.856. The summed E-state index contributed by atoms with van der Waals surface area (Å²) in [7, 11) is 0. The average Bonchev–Trinajstić information content (AvgIpc) is 2.36. The van der Waals surface area contributed by atoms with Gasteiger partial charge in [-0.25, -0.2) is 8.78 Å². The van der Waals surface area contributed by atoms with Crippen LogP contribution < -0.4 is 0 Å². The van der Waals surface area contributed by atoms with Gasteiger partial charge in [0.1, 0.15) is 11.6 Å². The van der Waals surface area contributed by atoms with E-state index in [1.54, 1.807) is 6.07 Å². The van der Waals surface area contributed by atoms with E-state index in [0.29, 0.717) is 16.1 Å². The lowest BCUT2D eigenvalue weighted by Crippen LogP contribution is -2.04. The first-order chi connectivity index (χ1) is 8.97. The van der Waals surface area contributed by atoms with Gasteiger partial charge in [-0.1, -0.05) is 23.7 Å². The van der Waals surface area contributed by atoms with E-state index in [4.69, 9.17) is 11.6 Å². The van der Waals surface area contributed by atoms with Crippen molar-refractivity contribution >= 4 is 27.5 Å². The van der Waals surface area contributed by atoms with E-state index in [1.165, 1.54) is 30.3 Å². The number of rotatable bonds is 3. The highest BCUT2D eigenvalue weighted by Crippen LogP contribution is 2.25. The summed E-state index contributed by atoms with van der Waals surface area (Å²) >= 11 is 8.70. The summed E-state index contributed by atoms with van der Waals surface area (Å²) in [5, 5.41) is 10.3. The van der Waals surface area contributed by atoms with Gasteiger partial charge in [0.05, 0.1) is 10.6 Å². The van der Waals surface area contributed by atoms with Crippen molar-refractivity contribution in [1.29, 1.82) is 0 Å². The molecule has 2 aromatic carbocycles.